The number of rotatable bonds is 6. The van der Waals surface area contributed by atoms with Gasteiger partial charge in [0.25, 0.3) is 0 Å². The summed E-state index contributed by atoms with van der Waals surface area (Å²) >= 11 is 0. The number of carbonyl (C=O) groups excluding carboxylic acids is 1. The highest BCUT2D eigenvalue weighted by molar-refractivity contribution is 7.90. The summed E-state index contributed by atoms with van der Waals surface area (Å²) < 4.78 is 24.5. The molecule has 0 radical (unpaired) electrons. The Morgan fingerprint density at radius 1 is 0.960 bits per heavy atom. The van der Waals surface area contributed by atoms with Gasteiger partial charge in [0.2, 0.25) is 5.91 Å². The number of hydrogen-bond acceptors (Lipinski definition) is 3. The van der Waals surface area contributed by atoms with Gasteiger partial charge >= 0.3 is 0 Å². The molecule has 0 heterocycles. The molecule has 0 saturated carbocycles. The zero-order valence-corrected chi connectivity index (χ0v) is 15.8. The number of nitrogens with one attached hydrogen (secondary N) is 1. The first-order valence-electron chi connectivity index (χ1n) is 8.30. The van der Waals surface area contributed by atoms with Crippen LogP contribution in [0.15, 0.2) is 54.6 Å². The molecule has 2 aromatic rings. The van der Waals surface area contributed by atoms with Gasteiger partial charge in [-0.3, -0.25) is 4.79 Å². The van der Waals surface area contributed by atoms with Crippen LogP contribution in [0.25, 0.3) is 0 Å². The van der Waals surface area contributed by atoms with Gasteiger partial charge in [-0.15, -0.1) is 0 Å². The molecule has 5 heteroatoms. The first kappa shape index (κ1) is 19.2. The average molecular weight is 359 g/mol. The van der Waals surface area contributed by atoms with Gasteiger partial charge < -0.3 is 5.32 Å². The highest BCUT2D eigenvalue weighted by Crippen LogP contribution is 2.22. The van der Waals surface area contributed by atoms with E-state index < -0.39 is 9.84 Å². The lowest BCUT2D eigenvalue weighted by Gasteiger charge is -2.19. The number of para-hydroxylation sites is 1. The van der Waals surface area contributed by atoms with Crippen LogP contribution in [0.2, 0.25) is 0 Å². The Morgan fingerprint density at radius 3 is 2.12 bits per heavy atom. The van der Waals surface area contributed by atoms with Crippen LogP contribution in [0.5, 0.6) is 0 Å². The summed E-state index contributed by atoms with van der Waals surface area (Å²) in [7, 11) is -3.33. The van der Waals surface area contributed by atoms with Crippen molar-refractivity contribution in [1.29, 1.82) is 0 Å². The van der Waals surface area contributed by atoms with Gasteiger partial charge in [-0.2, -0.15) is 0 Å². The third-order valence-corrected chi connectivity index (χ3v) is 5.50. The van der Waals surface area contributed by atoms with E-state index in [1.165, 1.54) is 0 Å². The first-order chi connectivity index (χ1) is 11.7. The molecule has 0 atom stereocenters. The van der Waals surface area contributed by atoms with Gasteiger partial charge in [0.15, 0.2) is 9.84 Å². The third kappa shape index (κ3) is 6.35. The molecule has 0 bridgehead atoms. The number of anilines is 1. The van der Waals surface area contributed by atoms with Crippen LogP contribution in [-0.4, -0.2) is 20.1 Å². The molecule has 4 nitrogen and oxygen atoms in total. The van der Waals surface area contributed by atoms with E-state index in [1.807, 2.05) is 42.5 Å². The maximum atomic E-state index is 12.3. The first-order valence-corrected chi connectivity index (χ1v) is 10.1. The Bertz CT molecular complexity index is 804. The number of hydrogen-bond donors (Lipinski definition) is 1. The van der Waals surface area contributed by atoms with Crippen LogP contribution in [0, 0.1) is 0 Å². The maximum absolute atomic E-state index is 12.3. The second-order valence-corrected chi connectivity index (χ2v) is 9.39. The molecule has 25 heavy (non-hydrogen) atoms. The molecular weight excluding hydrogens is 334 g/mol. The smallest absolute Gasteiger partial charge is 0.225 e. The molecule has 0 unspecified atom stereocenters. The second kappa shape index (κ2) is 7.83. The Balaban J connectivity index is 1.90. The molecule has 1 N–H and O–H groups in total. The van der Waals surface area contributed by atoms with Crippen molar-refractivity contribution in [3.8, 4) is 0 Å². The van der Waals surface area contributed by atoms with E-state index in [-0.39, 0.29) is 29.2 Å². The lowest BCUT2D eigenvalue weighted by Crippen LogP contribution is -2.18. The van der Waals surface area contributed by atoms with E-state index >= 15 is 0 Å². The zero-order chi connectivity index (χ0) is 18.5. The van der Waals surface area contributed by atoms with Crippen LogP contribution < -0.4 is 5.32 Å². The number of amides is 1. The van der Waals surface area contributed by atoms with E-state index in [4.69, 9.17) is 0 Å². The fourth-order valence-electron chi connectivity index (χ4n) is 2.42. The molecule has 0 spiro atoms. The average Bonchev–Trinajstić information content (AvgIpc) is 2.53. The lowest BCUT2D eigenvalue weighted by molar-refractivity contribution is -0.115. The summed E-state index contributed by atoms with van der Waals surface area (Å²) in [6.07, 6.45) is -0.0443. The van der Waals surface area contributed by atoms with Crippen molar-refractivity contribution in [2.75, 3.05) is 11.1 Å². The molecular formula is C20H25NO3S. The molecule has 0 aliphatic carbocycles. The minimum absolute atomic E-state index is 0.0347. The van der Waals surface area contributed by atoms with Crippen LogP contribution in [0.1, 0.15) is 38.3 Å². The van der Waals surface area contributed by atoms with Gasteiger partial charge in [0.1, 0.15) is 0 Å². The summed E-state index contributed by atoms with van der Waals surface area (Å²) in [5.74, 6) is -0.499. The maximum Gasteiger partial charge on any atom is 0.225 e. The highest BCUT2D eigenvalue weighted by Gasteiger charge is 2.17. The van der Waals surface area contributed by atoms with Crippen molar-refractivity contribution in [2.24, 2.45) is 0 Å². The Kier molecular flexibility index (Phi) is 6.01. The molecule has 2 rings (SSSR count). The van der Waals surface area contributed by atoms with Gasteiger partial charge in [-0.1, -0.05) is 63.2 Å². The zero-order valence-electron chi connectivity index (χ0n) is 15.0. The SMILES string of the molecule is CC(C)(C)c1ccc(CS(=O)(=O)CCC(=O)Nc2ccccc2)cc1. The van der Waals surface area contributed by atoms with E-state index in [9.17, 15) is 13.2 Å². The Hall–Kier alpha value is -2.14. The second-order valence-electron chi connectivity index (χ2n) is 7.20. The van der Waals surface area contributed by atoms with Crippen molar-refractivity contribution < 1.29 is 13.2 Å². The monoisotopic (exact) mass is 359 g/mol. The van der Waals surface area contributed by atoms with Gasteiger partial charge in [0.05, 0.1) is 11.5 Å². The van der Waals surface area contributed by atoms with Gasteiger partial charge in [0, 0.05) is 12.1 Å². The quantitative estimate of drug-likeness (QED) is 0.850. The van der Waals surface area contributed by atoms with E-state index in [0.29, 0.717) is 5.69 Å². The van der Waals surface area contributed by atoms with E-state index in [2.05, 4.69) is 26.1 Å². The predicted octanol–water partition coefficient (Wildman–Crippen LogP) is 3.93. The molecule has 2 aromatic carbocycles. The van der Waals surface area contributed by atoms with Crippen molar-refractivity contribution in [3.63, 3.8) is 0 Å². The number of carbonyl (C=O) groups is 1. The summed E-state index contributed by atoms with van der Waals surface area (Å²) in [6.45, 7) is 6.35. The van der Waals surface area contributed by atoms with Crippen molar-refractivity contribution in [2.45, 2.75) is 38.4 Å². The molecule has 0 fully saturated rings. The van der Waals surface area contributed by atoms with Crippen molar-refractivity contribution in [3.05, 3.63) is 65.7 Å². The van der Waals surface area contributed by atoms with E-state index in [1.54, 1.807) is 12.1 Å². The van der Waals surface area contributed by atoms with Crippen LogP contribution >= 0.6 is 0 Å². The standard InChI is InChI=1S/C20H25NO3S/c1-20(2,3)17-11-9-16(10-12-17)15-25(23,24)14-13-19(22)21-18-7-5-4-6-8-18/h4-12H,13-15H2,1-3H3,(H,21,22). The summed E-state index contributed by atoms with van der Waals surface area (Å²) in [5, 5.41) is 2.70. The number of sulfone groups is 1. The van der Waals surface area contributed by atoms with Gasteiger partial charge in [-0.05, 0) is 28.7 Å². The van der Waals surface area contributed by atoms with E-state index in [0.717, 1.165) is 11.1 Å². The minimum Gasteiger partial charge on any atom is -0.326 e. The normalized spacial score (nSPS) is 12.0. The largest absolute Gasteiger partial charge is 0.326 e. The van der Waals surface area contributed by atoms with Crippen molar-refractivity contribution >= 4 is 21.4 Å². The molecule has 0 aliphatic rings. The molecule has 134 valence electrons. The Labute approximate surface area is 150 Å². The molecule has 0 aromatic heterocycles. The van der Waals surface area contributed by atoms with Crippen LogP contribution in [0.4, 0.5) is 5.69 Å². The summed E-state index contributed by atoms with van der Waals surface area (Å²) in [6, 6.07) is 16.6. The predicted molar refractivity (Wildman–Crippen MR) is 102 cm³/mol. The summed E-state index contributed by atoms with van der Waals surface area (Å²) in [4.78, 5) is 11.9. The van der Waals surface area contributed by atoms with Crippen LogP contribution in [-0.2, 0) is 25.8 Å². The number of benzene rings is 2. The molecule has 0 saturated heterocycles. The third-order valence-electron chi connectivity index (χ3n) is 3.90. The lowest BCUT2D eigenvalue weighted by atomic mass is 9.87. The topological polar surface area (TPSA) is 63.2 Å². The fraction of sp³-hybridized carbons (Fsp3) is 0.350. The van der Waals surface area contributed by atoms with Gasteiger partial charge in [-0.25, -0.2) is 8.42 Å². The van der Waals surface area contributed by atoms with Crippen LogP contribution in [0.3, 0.4) is 0 Å². The minimum atomic E-state index is -3.33. The Morgan fingerprint density at radius 2 is 1.56 bits per heavy atom. The molecule has 0 aliphatic heterocycles. The highest BCUT2D eigenvalue weighted by atomic mass is 32.2. The fourth-order valence-corrected chi connectivity index (χ4v) is 3.76. The van der Waals surface area contributed by atoms with Crippen molar-refractivity contribution in [1.82, 2.24) is 0 Å². The molecule has 1 amide bonds. The summed E-state index contributed by atoms with van der Waals surface area (Å²) in [5.41, 5.74) is 2.61.